The van der Waals surface area contributed by atoms with Gasteiger partial charge in [-0.3, -0.25) is 0 Å². The van der Waals surface area contributed by atoms with Gasteiger partial charge in [0.2, 0.25) is 0 Å². The first-order valence-corrected chi connectivity index (χ1v) is 13.8. The predicted octanol–water partition coefficient (Wildman–Crippen LogP) is 9.44. The van der Waals surface area contributed by atoms with Crippen molar-refractivity contribution in [2.24, 2.45) is 0 Å². The van der Waals surface area contributed by atoms with Crippen molar-refractivity contribution >= 4 is 55.0 Å². The van der Waals surface area contributed by atoms with Gasteiger partial charge in [-0.1, -0.05) is 97.1 Å². The number of benzene rings is 5. The zero-order valence-electron chi connectivity index (χ0n) is 22.6. The Morgan fingerprint density at radius 1 is 0.425 bits per heavy atom. The number of hydrogen-bond donors (Lipinski definition) is 2. The highest BCUT2D eigenvalue weighted by Gasteiger charge is 2.19. The Morgan fingerprint density at radius 2 is 0.800 bits per heavy atom. The maximum absolute atomic E-state index is 5.12. The highest BCUT2D eigenvalue weighted by atomic mass is 15.0. The van der Waals surface area contributed by atoms with E-state index in [0.717, 1.165) is 44.2 Å². The number of nitrogens with one attached hydrogen (secondary N) is 2. The first-order valence-electron chi connectivity index (χ1n) is 13.8. The van der Waals surface area contributed by atoms with Crippen LogP contribution in [0, 0.1) is 0 Å². The molecule has 0 bridgehead atoms. The van der Waals surface area contributed by atoms with Crippen LogP contribution in [0.15, 0.2) is 121 Å². The molecule has 4 nitrogen and oxygen atoms in total. The number of aromatic nitrogens is 2. The zero-order chi connectivity index (χ0) is 27.1. The minimum absolute atomic E-state index is 0.104. The summed E-state index contributed by atoms with van der Waals surface area (Å²) in [6.45, 7) is 4.37. The van der Waals surface area contributed by atoms with Crippen molar-refractivity contribution in [1.82, 2.24) is 9.97 Å². The number of para-hydroxylation sites is 2. The molecule has 40 heavy (non-hydrogen) atoms. The third-order valence-corrected chi connectivity index (χ3v) is 7.83. The van der Waals surface area contributed by atoms with Gasteiger partial charge in [-0.05, 0) is 49.2 Å². The monoisotopic (exact) mass is 518 g/mol. The Bertz CT molecular complexity index is 1840. The number of fused-ring (bicyclic) bond motifs is 7. The standard InChI is InChI=1S/C36H30N4/c1-23(25-13-5-3-6-14-25)37-35-29-21-22-30-34(33(29)27-17-9-11-19-31(27)39-35)28-18-10-12-20-32(28)40-36(30)38-24(2)26-15-7-4-8-16-26/h3-24H,1-2H3,(H,37,39)(H,38,40)/t23-,24-/m0/s1. The minimum atomic E-state index is 0.104. The van der Waals surface area contributed by atoms with Crippen LogP contribution in [0.2, 0.25) is 0 Å². The van der Waals surface area contributed by atoms with Crippen LogP contribution in [-0.2, 0) is 0 Å². The summed E-state index contributed by atoms with van der Waals surface area (Å²) in [7, 11) is 0. The number of anilines is 2. The molecule has 0 unspecified atom stereocenters. The molecule has 7 rings (SSSR count). The summed E-state index contributed by atoms with van der Waals surface area (Å²) in [5.74, 6) is 1.78. The second kappa shape index (κ2) is 9.97. The zero-order valence-corrected chi connectivity index (χ0v) is 22.6. The lowest BCUT2D eigenvalue weighted by molar-refractivity contribution is 0.879. The number of hydrogen-bond acceptors (Lipinski definition) is 4. The molecule has 2 heterocycles. The molecule has 2 N–H and O–H groups in total. The first-order chi connectivity index (χ1) is 19.7. The van der Waals surface area contributed by atoms with E-state index in [-0.39, 0.29) is 12.1 Å². The van der Waals surface area contributed by atoms with Crippen molar-refractivity contribution in [2.45, 2.75) is 25.9 Å². The van der Waals surface area contributed by atoms with Gasteiger partial charge in [0.15, 0.2) is 0 Å². The lowest BCUT2D eigenvalue weighted by atomic mass is 9.95. The van der Waals surface area contributed by atoms with E-state index in [9.17, 15) is 0 Å². The number of nitrogens with zero attached hydrogens (tertiary/aromatic N) is 2. The third kappa shape index (κ3) is 4.18. The smallest absolute Gasteiger partial charge is 0.135 e. The third-order valence-electron chi connectivity index (χ3n) is 7.83. The maximum Gasteiger partial charge on any atom is 0.135 e. The van der Waals surface area contributed by atoms with Crippen LogP contribution < -0.4 is 10.6 Å². The van der Waals surface area contributed by atoms with Crippen LogP contribution in [0.25, 0.3) is 43.4 Å². The average Bonchev–Trinajstić information content (AvgIpc) is 3.01. The summed E-state index contributed by atoms with van der Waals surface area (Å²) >= 11 is 0. The van der Waals surface area contributed by atoms with Gasteiger partial charge in [-0.2, -0.15) is 0 Å². The Hall–Kier alpha value is -4.96. The van der Waals surface area contributed by atoms with Gasteiger partial charge in [0.25, 0.3) is 0 Å². The molecule has 7 aromatic rings. The molecule has 0 aliphatic heterocycles. The average molecular weight is 519 g/mol. The van der Waals surface area contributed by atoms with Gasteiger partial charge in [0.1, 0.15) is 11.6 Å². The van der Waals surface area contributed by atoms with E-state index < -0.39 is 0 Å². The molecule has 0 aliphatic rings. The van der Waals surface area contributed by atoms with Crippen molar-refractivity contribution in [3.63, 3.8) is 0 Å². The normalized spacial score (nSPS) is 13.1. The van der Waals surface area contributed by atoms with Crippen LogP contribution in [0.4, 0.5) is 11.6 Å². The van der Waals surface area contributed by atoms with E-state index in [1.807, 2.05) is 0 Å². The molecule has 0 amide bonds. The summed E-state index contributed by atoms with van der Waals surface area (Å²) in [6, 6.07) is 42.5. The summed E-state index contributed by atoms with van der Waals surface area (Å²) in [5, 5.41) is 14.3. The van der Waals surface area contributed by atoms with Crippen LogP contribution in [0.3, 0.4) is 0 Å². The predicted molar refractivity (Wildman–Crippen MR) is 169 cm³/mol. The van der Waals surface area contributed by atoms with Crippen molar-refractivity contribution < 1.29 is 0 Å². The van der Waals surface area contributed by atoms with E-state index in [1.165, 1.54) is 21.9 Å². The first kappa shape index (κ1) is 24.1. The Balaban J connectivity index is 1.50. The van der Waals surface area contributed by atoms with Gasteiger partial charge in [-0.15, -0.1) is 0 Å². The molecule has 194 valence electrons. The quantitative estimate of drug-likeness (QED) is 0.215. The van der Waals surface area contributed by atoms with Crippen LogP contribution in [-0.4, -0.2) is 9.97 Å². The van der Waals surface area contributed by atoms with E-state index in [2.05, 4.69) is 146 Å². The molecule has 2 aromatic heterocycles. The number of rotatable bonds is 6. The number of pyridine rings is 2. The summed E-state index contributed by atoms with van der Waals surface area (Å²) in [4.78, 5) is 10.2. The Morgan fingerprint density at radius 3 is 1.23 bits per heavy atom. The van der Waals surface area contributed by atoms with E-state index >= 15 is 0 Å². The van der Waals surface area contributed by atoms with Crippen LogP contribution in [0.5, 0.6) is 0 Å². The van der Waals surface area contributed by atoms with Crippen molar-refractivity contribution in [1.29, 1.82) is 0 Å². The van der Waals surface area contributed by atoms with Gasteiger partial charge in [0, 0.05) is 44.4 Å². The fourth-order valence-corrected chi connectivity index (χ4v) is 5.76. The molecule has 0 aliphatic carbocycles. The van der Waals surface area contributed by atoms with E-state index in [1.54, 1.807) is 0 Å². The maximum atomic E-state index is 5.12. The molecule has 5 aromatic carbocycles. The minimum Gasteiger partial charge on any atom is -0.363 e. The Labute approximate surface area is 233 Å². The van der Waals surface area contributed by atoms with Crippen molar-refractivity contribution in [3.8, 4) is 0 Å². The highest BCUT2D eigenvalue weighted by Crippen LogP contribution is 2.41. The molecule has 0 radical (unpaired) electrons. The summed E-state index contributed by atoms with van der Waals surface area (Å²) in [6.07, 6.45) is 0. The molecule has 0 spiro atoms. The molecule has 0 saturated heterocycles. The largest absolute Gasteiger partial charge is 0.363 e. The SMILES string of the molecule is C[C@H](Nc1nc2ccccc2c2c1ccc1c(N[C@@H](C)c3ccccc3)nc3ccccc3c12)c1ccccc1. The highest BCUT2D eigenvalue weighted by molar-refractivity contribution is 6.29. The van der Waals surface area contributed by atoms with E-state index in [0.29, 0.717) is 0 Å². The van der Waals surface area contributed by atoms with E-state index in [4.69, 9.17) is 9.97 Å². The second-order valence-corrected chi connectivity index (χ2v) is 10.4. The van der Waals surface area contributed by atoms with Crippen LogP contribution in [0.1, 0.15) is 37.1 Å². The molecule has 0 saturated carbocycles. The topological polar surface area (TPSA) is 49.8 Å². The molecule has 0 fully saturated rings. The molecule has 4 heteroatoms. The van der Waals surface area contributed by atoms with Crippen molar-refractivity contribution in [2.75, 3.05) is 10.6 Å². The van der Waals surface area contributed by atoms with Gasteiger partial charge in [0.05, 0.1) is 11.0 Å². The fourth-order valence-electron chi connectivity index (χ4n) is 5.76. The van der Waals surface area contributed by atoms with Gasteiger partial charge < -0.3 is 10.6 Å². The lowest BCUT2D eigenvalue weighted by Crippen LogP contribution is -2.09. The molecule has 2 atom stereocenters. The summed E-state index contributed by atoms with van der Waals surface area (Å²) in [5.41, 5.74) is 4.39. The molecular formula is C36H30N4. The molecular weight excluding hydrogens is 488 g/mol. The Kier molecular flexibility index (Phi) is 6.01. The fraction of sp³-hybridized carbons (Fsp3) is 0.111. The van der Waals surface area contributed by atoms with Crippen molar-refractivity contribution in [3.05, 3.63) is 132 Å². The lowest BCUT2D eigenvalue weighted by Gasteiger charge is -2.21. The van der Waals surface area contributed by atoms with Crippen LogP contribution >= 0.6 is 0 Å². The van der Waals surface area contributed by atoms with Gasteiger partial charge in [-0.25, -0.2) is 9.97 Å². The van der Waals surface area contributed by atoms with Gasteiger partial charge >= 0.3 is 0 Å². The second-order valence-electron chi connectivity index (χ2n) is 10.4. The summed E-state index contributed by atoms with van der Waals surface area (Å²) < 4.78 is 0.